The molecule has 2 aliphatic rings. The first-order valence-corrected chi connectivity index (χ1v) is 8.20. The Morgan fingerprint density at radius 2 is 1.88 bits per heavy atom. The van der Waals surface area contributed by atoms with Gasteiger partial charge in [0.05, 0.1) is 18.4 Å². The van der Waals surface area contributed by atoms with Crippen LogP contribution in [0.25, 0.3) is 11.4 Å². The molecule has 0 unspecified atom stereocenters. The second-order valence-corrected chi connectivity index (χ2v) is 6.35. The predicted molar refractivity (Wildman–Crippen MR) is 88.2 cm³/mol. The van der Waals surface area contributed by atoms with Crippen molar-refractivity contribution in [2.24, 2.45) is 11.8 Å². The van der Waals surface area contributed by atoms with E-state index < -0.39 is 11.8 Å². The predicted octanol–water partition coefficient (Wildman–Crippen LogP) is -0.377. The number of nitrogens with one attached hydrogen (secondary N) is 2. The number of likely N-dealkylation sites (tertiary alicyclic amines) is 2. The summed E-state index contributed by atoms with van der Waals surface area (Å²) in [7, 11) is 1.48. The maximum absolute atomic E-state index is 12.3. The number of aromatic nitrogens is 4. The summed E-state index contributed by atoms with van der Waals surface area (Å²) in [6.07, 6.45) is 3.30. The van der Waals surface area contributed by atoms with Crippen LogP contribution in [0.4, 0.5) is 4.79 Å². The molecular weight excluding hydrogens is 338 g/mol. The van der Waals surface area contributed by atoms with Gasteiger partial charge in [-0.05, 0) is 12.1 Å². The Labute approximate surface area is 148 Å². The lowest BCUT2D eigenvalue weighted by molar-refractivity contribution is -0.138. The van der Waals surface area contributed by atoms with Crippen LogP contribution in [0.3, 0.4) is 0 Å². The van der Waals surface area contributed by atoms with E-state index in [4.69, 9.17) is 0 Å². The van der Waals surface area contributed by atoms with Gasteiger partial charge < -0.3 is 10.2 Å². The van der Waals surface area contributed by atoms with Crippen LogP contribution >= 0.6 is 0 Å². The molecule has 2 atom stereocenters. The number of urea groups is 1. The van der Waals surface area contributed by atoms with Gasteiger partial charge in [-0.25, -0.2) is 9.78 Å². The first kappa shape index (κ1) is 16.2. The Bertz CT molecular complexity index is 842. The Hall–Kier alpha value is -3.30. The van der Waals surface area contributed by atoms with Crippen LogP contribution in [-0.4, -0.2) is 67.9 Å². The molecule has 0 spiro atoms. The molecule has 0 aromatic carbocycles. The minimum atomic E-state index is -0.429. The Morgan fingerprint density at radius 3 is 2.54 bits per heavy atom. The number of hydrogen-bond acceptors (Lipinski definition) is 6. The molecule has 0 radical (unpaired) electrons. The lowest BCUT2D eigenvalue weighted by Gasteiger charge is -2.19. The highest BCUT2D eigenvalue weighted by molar-refractivity contribution is 6.06. The molecule has 2 saturated heterocycles. The summed E-state index contributed by atoms with van der Waals surface area (Å²) in [6, 6.07) is 3.25. The molecule has 2 N–H and O–H groups in total. The van der Waals surface area contributed by atoms with Gasteiger partial charge in [0.2, 0.25) is 11.8 Å². The van der Waals surface area contributed by atoms with E-state index in [1.54, 1.807) is 24.5 Å². The van der Waals surface area contributed by atoms with Gasteiger partial charge in [-0.1, -0.05) is 0 Å². The van der Waals surface area contributed by atoms with E-state index in [1.165, 1.54) is 11.9 Å². The minimum absolute atomic E-state index is 0.171. The first-order valence-electron chi connectivity index (χ1n) is 8.20. The Kier molecular flexibility index (Phi) is 3.86. The van der Waals surface area contributed by atoms with Crippen molar-refractivity contribution in [3.63, 3.8) is 0 Å². The van der Waals surface area contributed by atoms with E-state index in [-0.39, 0.29) is 37.5 Å². The molecule has 10 heteroatoms. The highest BCUT2D eigenvalue weighted by Gasteiger charge is 2.51. The zero-order chi connectivity index (χ0) is 18.3. The topological polar surface area (TPSA) is 124 Å². The standard InChI is InChI=1S/C16H17N7O3/c1-22-14(24)10-7-23(8-11(10)15(22)25)16(26)18-6-12-19-13(21-20-12)9-2-4-17-5-3-9/h2-5,10-11H,6-8H2,1H3,(H,18,26)(H,19,20,21)/t10-,11+. The normalized spacial score (nSPS) is 22.0. The van der Waals surface area contributed by atoms with Crippen molar-refractivity contribution >= 4 is 17.8 Å². The monoisotopic (exact) mass is 355 g/mol. The lowest BCUT2D eigenvalue weighted by Crippen LogP contribution is -2.41. The van der Waals surface area contributed by atoms with Crippen molar-refractivity contribution in [3.8, 4) is 11.4 Å². The molecule has 4 amide bonds. The summed E-state index contributed by atoms with van der Waals surface area (Å²) < 4.78 is 0. The molecule has 2 aromatic heterocycles. The van der Waals surface area contributed by atoms with Crippen LogP contribution in [0.15, 0.2) is 24.5 Å². The highest BCUT2D eigenvalue weighted by Crippen LogP contribution is 2.32. The van der Waals surface area contributed by atoms with Gasteiger partial charge in [0.1, 0.15) is 5.82 Å². The van der Waals surface area contributed by atoms with Crippen molar-refractivity contribution < 1.29 is 14.4 Å². The summed E-state index contributed by atoms with van der Waals surface area (Å²) in [5.74, 6) is -0.258. The van der Waals surface area contributed by atoms with E-state index >= 15 is 0 Å². The third-order valence-corrected chi connectivity index (χ3v) is 4.78. The van der Waals surface area contributed by atoms with Crippen molar-refractivity contribution in [1.29, 1.82) is 0 Å². The molecule has 2 aliphatic heterocycles. The molecule has 2 aromatic rings. The van der Waals surface area contributed by atoms with Gasteiger partial charge in [-0.3, -0.25) is 24.6 Å². The number of rotatable bonds is 3. The van der Waals surface area contributed by atoms with Crippen molar-refractivity contribution in [2.45, 2.75) is 6.54 Å². The number of imide groups is 1. The molecule has 2 fully saturated rings. The second kappa shape index (κ2) is 6.21. The van der Waals surface area contributed by atoms with Crippen LogP contribution in [0.5, 0.6) is 0 Å². The minimum Gasteiger partial charge on any atom is -0.331 e. The van der Waals surface area contributed by atoms with Crippen LogP contribution in [0, 0.1) is 11.8 Å². The van der Waals surface area contributed by atoms with Gasteiger partial charge in [0.15, 0.2) is 5.82 Å². The Morgan fingerprint density at radius 1 is 1.23 bits per heavy atom. The lowest BCUT2D eigenvalue weighted by atomic mass is 10.00. The van der Waals surface area contributed by atoms with Crippen molar-refractivity contribution in [2.75, 3.05) is 20.1 Å². The summed E-state index contributed by atoms with van der Waals surface area (Å²) in [5, 5.41) is 9.63. The fraction of sp³-hybridized carbons (Fsp3) is 0.375. The third kappa shape index (κ3) is 2.68. The molecule has 0 saturated carbocycles. The number of pyridine rings is 1. The second-order valence-electron chi connectivity index (χ2n) is 6.35. The average Bonchev–Trinajstić information content (AvgIpc) is 3.36. The number of H-pyrrole nitrogens is 1. The fourth-order valence-electron chi connectivity index (χ4n) is 3.35. The molecule has 0 aliphatic carbocycles. The SMILES string of the molecule is CN1C(=O)[C@H]2CN(C(=O)NCc3nc(-c4ccncc4)n[nH]3)C[C@H]2C1=O. The van der Waals surface area contributed by atoms with Crippen molar-refractivity contribution in [1.82, 2.24) is 35.3 Å². The van der Waals surface area contributed by atoms with E-state index in [1.807, 2.05) is 0 Å². The van der Waals surface area contributed by atoms with Crippen molar-refractivity contribution in [3.05, 3.63) is 30.4 Å². The number of fused-ring (bicyclic) bond motifs is 1. The van der Waals surface area contributed by atoms with E-state index in [0.29, 0.717) is 11.6 Å². The quantitative estimate of drug-likeness (QED) is 0.724. The maximum Gasteiger partial charge on any atom is 0.317 e. The fourth-order valence-corrected chi connectivity index (χ4v) is 3.35. The summed E-state index contributed by atoms with van der Waals surface area (Å²) in [6.45, 7) is 0.679. The number of nitrogens with zero attached hydrogens (tertiary/aromatic N) is 5. The average molecular weight is 355 g/mol. The highest BCUT2D eigenvalue weighted by atomic mass is 16.2. The Balaban J connectivity index is 1.35. The number of carbonyl (C=O) groups is 3. The smallest absolute Gasteiger partial charge is 0.317 e. The molecule has 26 heavy (non-hydrogen) atoms. The number of aromatic amines is 1. The number of carbonyl (C=O) groups excluding carboxylic acids is 3. The summed E-state index contributed by atoms with van der Waals surface area (Å²) in [4.78, 5) is 47.3. The number of hydrogen-bond donors (Lipinski definition) is 2. The largest absolute Gasteiger partial charge is 0.331 e. The molecule has 134 valence electrons. The molecule has 4 rings (SSSR count). The van der Waals surface area contributed by atoms with Gasteiger partial charge in [-0.15, -0.1) is 0 Å². The molecular formula is C16H17N7O3. The maximum atomic E-state index is 12.3. The van der Waals surface area contributed by atoms with Gasteiger partial charge in [0.25, 0.3) is 0 Å². The summed E-state index contributed by atoms with van der Waals surface area (Å²) in [5.41, 5.74) is 0.822. The zero-order valence-corrected chi connectivity index (χ0v) is 14.0. The molecule has 10 nitrogen and oxygen atoms in total. The molecule has 4 heterocycles. The number of amides is 4. The summed E-state index contributed by atoms with van der Waals surface area (Å²) >= 11 is 0. The van der Waals surface area contributed by atoms with Gasteiger partial charge in [-0.2, -0.15) is 5.10 Å². The first-order chi connectivity index (χ1) is 12.5. The van der Waals surface area contributed by atoms with Crippen LogP contribution in [-0.2, 0) is 16.1 Å². The van der Waals surface area contributed by atoms with Crippen LogP contribution in [0.1, 0.15) is 5.82 Å². The van der Waals surface area contributed by atoms with E-state index in [2.05, 4.69) is 25.5 Å². The van der Waals surface area contributed by atoms with Crippen LogP contribution in [0.2, 0.25) is 0 Å². The van der Waals surface area contributed by atoms with Crippen LogP contribution < -0.4 is 5.32 Å². The van der Waals surface area contributed by atoms with E-state index in [9.17, 15) is 14.4 Å². The van der Waals surface area contributed by atoms with Gasteiger partial charge >= 0.3 is 6.03 Å². The zero-order valence-electron chi connectivity index (χ0n) is 14.0. The van der Waals surface area contributed by atoms with E-state index in [0.717, 1.165) is 10.5 Å². The van der Waals surface area contributed by atoms with Gasteiger partial charge in [0, 0.05) is 38.1 Å². The third-order valence-electron chi connectivity index (χ3n) is 4.78. The molecule has 0 bridgehead atoms.